The molecule has 0 unspecified atom stereocenters. The van der Waals surface area contributed by atoms with E-state index in [1.54, 1.807) is 11.4 Å². The third-order valence-corrected chi connectivity index (χ3v) is 2.57. The Labute approximate surface area is 67.9 Å². The van der Waals surface area contributed by atoms with E-state index >= 15 is 0 Å². The van der Waals surface area contributed by atoms with Crippen LogP contribution in [-0.2, 0) is 5.75 Å². The molecular weight excluding hydrogens is 168 g/mol. The summed E-state index contributed by atoms with van der Waals surface area (Å²) in [4.78, 5) is 11.2. The number of hydrogen-bond acceptors (Lipinski definition) is 3. The highest BCUT2D eigenvalue weighted by Crippen LogP contribution is 2.18. The summed E-state index contributed by atoms with van der Waals surface area (Å²) in [7, 11) is 0. The second-order valence-corrected chi connectivity index (χ2v) is 3.04. The first-order valence-electron chi connectivity index (χ1n) is 2.66. The Balaban J connectivity index is 3.01. The van der Waals surface area contributed by atoms with Crippen LogP contribution in [0.3, 0.4) is 0 Å². The Hall–Kier alpha value is -0.480. The van der Waals surface area contributed by atoms with Crippen LogP contribution >= 0.6 is 24.0 Å². The van der Waals surface area contributed by atoms with Crippen molar-refractivity contribution >= 4 is 29.9 Å². The molecule has 0 aromatic carbocycles. The number of hydrogen-bond donors (Lipinski definition) is 2. The second-order valence-electron chi connectivity index (χ2n) is 1.72. The highest BCUT2D eigenvalue weighted by Gasteiger charge is 2.08. The van der Waals surface area contributed by atoms with E-state index in [1.807, 2.05) is 0 Å². The van der Waals surface area contributed by atoms with E-state index in [-0.39, 0.29) is 0 Å². The zero-order chi connectivity index (χ0) is 7.56. The van der Waals surface area contributed by atoms with Crippen molar-refractivity contribution in [1.82, 2.24) is 0 Å². The molecule has 1 aromatic heterocycles. The maximum atomic E-state index is 10.4. The SMILES string of the molecule is O=C(O)c1ccsc1CS. The molecule has 10 heavy (non-hydrogen) atoms. The smallest absolute Gasteiger partial charge is 0.336 e. The largest absolute Gasteiger partial charge is 0.478 e. The van der Waals surface area contributed by atoms with Gasteiger partial charge in [0.15, 0.2) is 0 Å². The molecule has 0 bridgehead atoms. The van der Waals surface area contributed by atoms with E-state index in [0.29, 0.717) is 11.3 Å². The van der Waals surface area contributed by atoms with E-state index in [2.05, 4.69) is 12.6 Å². The van der Waals surface area contributed by atoms with Gasteiger partial charge in [0.25, 0.3) is 0 Å². The number of carboxylic acid groups (broad SMARTS) is 1. The molecule has 1 rings (SSSR count). The molecule has 1 heterocycles. The number of thiophene rings is 1. The van der Waals surface area contributed by atoms with Crippen molar-refractivity contribution in [1.29, 1.82) is 0 Å². The minimum Gasteiger partial charge on any atom is -0.478 e. The second kappa shape index (κ2) is 3.07. The molecule has 0 saturated heterocycles. The van der Waals surface area contributed by atoms with Crippen LogP contribution in [0.25, 0.3) is 0 Å². The van der Waals surface area contributed by atoms with Crippen molar-refractivity contribution in [2.45, 2.75) is 5.75 Å². The van der Waals surface area contributed by atoms with Gasteiger partial charge >= 0.3 is 5.97 Å². The minimum atomic E-state index is -0.870. The van der Waals surface area contributed by atoms with Crippen LogP contribution in [0.2, 0.25) is 0 Å². The molecule has 0 radical (unpaired) electrons. The fraction of sp³-hybridized carbons (Fsp3) is 0.167. The van der Waals surface area contributed by atoms with Crippen LogP contribution in [0, 0.1) is 0 Å². The van der Waals surface area contributed by atoms with Crippen molar-refractivity contribution in [2.24, 2.45) is 0 Å². The first-order valence-corrected chi connectivity index (χ1v) is 4.17. The van der Waals surface area contributed by atoms with Gasteiger partial charge < -0.3 is 5.11 Å². The lowest BCUT2D eigenvalue weighted by molar-refractivity contribution is 0.0696. The van der Waals surface area contributed by atoms with Crippen LogP contribution < -0.4 is 0 Å². The highest BCUT2D eigenvalue weighted by atomic mass is 32.1. The first kappa shape index (κ1) is 7.63. The summed E-state index contributed by atoms with van der Waals surface area (Å²) in [5.74, 6) is -0.371. The summed E-state index contributed by atoms with van der Waals surface area (Å²) >= 11 is 5.41. The molecule has 0 atom stereocenters. The number of thiol groups is 1. The van der Waals surface area contributed by atoms with Gasteiger partial charge in [0, 0.05) is 10.6 Å². The van der Waals surface area contributed by atoms with E-state index in [4.69, 9.17) is 5.11 Å². The third-order valence-electron chi connectivity index (χ3n) is 1.12. The molecule has 2 nitrogen and oxygen atoms in total. The molecule has 0 fully saturated rings. The monoisotopic (exact) mass is 174 g/mol. The number of carboxylic acids is 1. The lowest BCUT2D eigenvalue weighted by Gasteiger charge is -1.90. The van der Waals surface area contributed by atoms with Crippen molar-refractivity contribution in [2.75, 3.05) is 0 Å². The molecule has 4 heteroatoms. The summed E-state index contributed by atoms with van der Waals surface area (Å²) < 4.78 is 0. The molecule has 0 spiro atoms. The predicted molar refractivity (Wildman–Crippen MR) is 44.0 cm³/mol. The number of aromatic carboxylic acids is 1. The Morgan fingerprint density at radius 3 is 2.90 bits per heavy atom. The normalized spacial score (nSPS) is 9.70. The third kappa shape index (κ3) is 1.33. The zero-order valence-electron chi connectivity index (χ0n) is 5.07. The van der Waals surface area contributed by atoms with Gasteiger partial charge in [-0.25, -0.2) is 4.79 Å². The standard InChI is InChI=1S/C6H6O2S2/c7-6(8)4-1-2-10-5(4)3-9/h1-2,9H,3H2,(H,7,8). The molecule has 1 aromatic rings. The molecule has 0 saturated carbocycles. The predicted octanol–water partition coefficient (Wildman–Crippen LogP) is 1.88. The molecular formula is C6H6O2S2. The number of rotatable bonds is 2. The summed E-state index contributed by atoms with van der Waals surface area (Å²) in [5, 5.41) is 10.3. The first-order chi connectivity index (χ1) is 4.75. The van der Waals surface area contributed by atoms with Gasteiger partial charge in [-0.3, -0.25) is 0 Å². The van der Waals surface area contributed by atoms with Crippen LogP contribution in [0.15, 0.2) is 11.4 Å². The Kier molecular flexibility index (Phi) is 2.34. The van der Waals surface area contributed by atoms with E-state index in [9.17, 15) is 4.79 Å². The van der Waals surface area contributed by atoms with Gasteiger partial charge in [0.1, 0.15) is 0 Å². The van der Waals surface area contributed by atoms with Gasteiger partial charge in [-0.1, -0.05) is 0 Å². The molecule has 0 aliphatic heterocycles. The average Bonchev–Trinajstić information content (AvgIpc) is 2.33. The Bertz CT molecular complexity index is 242. The summed E-state index contributed by atoms with van der Waals surface area (Å²) in [6.45, 7) is 0. The topological polar surface area (TPSA) is 37.3 Å². The summed E-state index contributed by atoms with van der Waals surface area (Å²) in [6.07, 6.45) is 0. The molecule has 0 aliphatic rings. The van der Waals surface area contributed by atoms with E-state index in [1.165, 1.54) is 11.3 Å². The maximum Gasteiger partial charge on any atom is 0.336 e. The molecule has 1 N–H and O–H groups in total. The van der Waals surface area contributed by atoms with Crippen LogP contribution in [0.4, 0.5) is 0 Å². The van der Waals surface area contributed by atoms with Crippen LogP contribution in [-0.4, -0.2) is 11.1 Å². The van der Waals surface area contributed by atoms with Crippen LogP contribution in [0.1, 0.15) is 15.2 Å². The fourth-order valence-corrected chi connectivity index (χ4v) is 1.77. The van der Waals surface area contributed by atoms with Gasteiger partial charge in [-0.15, -0.1) is 11.3 Å². The van der Waals surface area contributed by atoms with Crippen molar-refractivity contribution < 1.29 is 9.90 Å². The van der Waals surface area contributed by atoms with Crippen molar-refractivity contribution in [3.63, 3.8) is 0 Å². The van der Waals surface area contributed by atoms with Crippen molar-refractivity contribution in [3.05, 3.63) is 21.9 Å². The summed E-state index contributed by atoms with van der Waals surface area (Å²) in [5.41, 5.74) is 0.375. The van der Waals surface area contributed by atoms with E-state index in [0.717, 1.165) is 4.88 Å². The Morgan fingerprint density at radius 1 is 1.80 bits per heavy atom. The molecule has 0 aliphatic carbocycles. The zero-order valence-corrected chi connectivity index (χ0v) is 6.78. The van der Waals surface area contributed by atoms with E-state index < -0.39 is 5.97 Å². The maximum absolute atomic E-state index is 10.4. The molecule has 54 valence electrons. The van der Waals surface area contributed by atoms with Gasteiger partial charge in [0.2, 0.25) is 0 Å². The average molecular weight is 174 g/mol. The quantitative estimate of drug-likeness (QED) is 0.672. The van der Waals surface area contributed by atoms with Crippen molar-refractivity contribution in [3.8, 4) is 0 Å². The van der Waals surface area contributed by atoms with Gasteiger partial charge in [-0.2, -0.15) is 12.6 Å². The lowest BCUT2D eigenvalue weighted by Crippen LogP contribution is -1.95. The molecule has 0 amide bonds. The number of carbonyl (C=O) groups is 1. The minimum absolute atomic E-state index is 0.375. The van der Waals surface area contributed by atoms with Gasteiger partial charge in [-0.05, 0) is 11.4 Å². The van der Waals surface area contributed by atoms with Gasteiger partial charge in [0.05, 0.1) is 5.56 Å². The lowest BCUT2D eigenvalue weighted by atomic mass is 10.3. The summed E-state index contributed by atoms with van der Waals surface area (Å²) in [6, 6.07) is 1.60. The fourth-order valence-electron chi connectivity index (χ4n) is 0.654. The highest BCUT2D eigenvalue weighted by molar-refractivity contribution is 7.79. The van der Waals surface area contributed by atoms with Crippen LogP contribution in [0.5, 0.6) is 0 Å². The Morgan fingerprint density at radius 2 is 2.50 bits per heavy atom.